The molecule has 0 aliphatic carbocycles. The molecular weight excluding hydrogens is 467 g/mol. The van der Waals surface area contributed by atoms with Crippen LogP contribution in [0.25, 0.3) is 10.8 Å². The van der Waals surface area contributed by atoms with E-state index in [1.54, 1.807) is 18.2 Å². The van der Waals surface area contributed by atoms with Gasteiger partial charge in [-0.3, -0.25) is 9.35 Å². The van der Waals surface area contributed by atoms with Crippen molar-refractivity contribution >= 4 is 66.5 Å². The number of halogens is 1. The lowest BCUT2D eigenvalue weighted by atomic mass is 10.1. The van der Waals surface area contributed by atoms with E-state index in [9.17, 15) is 17.8 Å². The maximum atomic E-state index is 12.0. The first-order valence-electron chi connectivity index (χ1n) is 7.60. The fourth-order valence-electron chi connectivity index (χ4n) is 2.56. The fourth-order valence-corrected chi connectivity index (χ4v) is 3.26. The molecule has 0 saturated heterocycles. The number of carbonyl (C=O) groups excluding carboxylic acids is 1. The maximum absolute atomic E-state index is 12.0. The zero-order chi connectivity index (χ0) is 18.7. The number of hydrogen-bond donors (Lipinski definition) is 3. The lowest BCUT2D eigenvalue weighted by Crippen LogP contribution is -2.14. The van der Waals surface area contributed by atoms with Crippen molar-refractivity contribution in [2.24, 2.45) is 0 Å². The number of fused-ring (bicyclic) bond motifs is 1. The summed E-state index contributed by atoms with van der Waals surface area (Å²) in [5.74, 6) is -0.173. The SMILES string of the molecule is O=C(CI)Nc1c(Nc2ccccc2)ccc2cc(S(=O)(=O)O)ccc12. The van der Waals surface area contributed by atoms with Gasteiger partial charge in [-0.1, -0.05) is 52.9 Å². The second kappa shape index (κ2) is 7.60. The summed E-state index contributed by atoms with van der Waals surface area (Å²) >= 11 is 1.97. The van der Waals surface area contributed by atoms with E-state index in [1.807, 2.05) is 52.9 Å². The van der Waals surface area contributed by atoms with E-state index in [0.717, 1.165) is 5.69 Å². The Kier molecular flexibility index (Phi) is 5.44. The van der Waals surface area contributed by atoms with Gasteiger partial charge in [-0.2, -0.15) is 8.42 Å². The van der Waals surface area contributed by atoms with Crippen LogP contribution in [0.2, 0.25) is 0 Å². The molecule has 3 aromatic rings. The Balaban J connectivity index is 2.14. The van der Waals surface area contributed by atoms with Crippen LogP contribution in [0, 0.1) is 0 Å². The van der Waals surface area contributed by atoms with Gasteiger partial charge in [-0.05, 0) is 35.7 Å². The standard InChI is InChI=1S/C18H15IN2O4S/c19-11-17(22)21-18-15-8-7-14(26(23,24)25)10-12(15)6-9-16(18)20-13-4-2-1-3-5-13/h1-10,20H,11H2,(H,21,22)(H,23,24,25). The van der Waals surface area contributed by atoms with Gasteiger partial charge in [0, 0.05) is 11.1 Å². The van der Waals surface area contributed by atoms with Crippen molar-refractivity contribution in [3.05, 3.63) is 60.7 Å². The largest absolute Gasteiger partial charge is 0.354 e. The summed E-state index contributed by atoms with van der Waals surface area (Å²) in [6, 6.07) is 17.2. The molecule has 8 heteroatoms. The molecule has 0 aliphatic rings. The van der Waals surface area contributed by atoms with Crippen LogP contribution in [-0.2, 0) is 14.9 Å². The summed E-state index contributed by atoms with van der Waals surface area (Å²) in [5.41, 5.74) is 2.09. The molecule has 0 heterocycles. The highest BCUT2D eigenvalue weighted by Gasteiger charge is 2.15. The average Bonchev–Trinajstić information content (AvgIpc) is 2.63. The minimum absolute atomic E-state index is 0.173. The van der Waals surface area contributed by atoms with Crippen molar-refractivity contribution in [1.82, 2.24) is 0 Å². The summed E-state index contributed by atoms with van der Waals surface area (Å²) in [4.78, 5) is 11.8. The number of anilines is 3. The Morgan fingerprint density at radius 1 is 1.04 bits per heavy atom. The predicted molar refractivity (Wildman–Crippen MR) is 111 cm³/mol. The minimum atomic E-state index is -4.30. The fraction of sp³-hybridized carbons (Fsp3) is 0.0556. The molecule has 134 valence electrons. The van der Waals surface area contributed by atoms with E-state index in [-0.39, 0.29) is 15.2 Å². The Morgan fingerprint density at radius 3 is 2.42 bits per heavy atom. The van der Waals surface area contributed by atoms with Crippen LogP contribution >= 0.6 is 22.6 Å². The van der Waals surface area contributed by atoms with Crippen molar-refractivity contribution in [3.8, 4) is 0 Å². The van der Waals surface area contributed by atoms with Gasteiger partial charge in [-0.15, -0.1) is 0 Å². The molecule has 3 aromatic carbocycles. The molecule has 3 rings (SSSR count). The highest BCUT2D eigenvalue weighted by molar-refractivity contribution is 14.1. The number of hydrogen-bond acceptors (Lipinski definition) is 4. The van der Waals surface area contributed by atoms with Crippen LogP contribution in [-0.4, -0.2) is 23.3 Å². The molecule has 0 saturated carbocycles. The second-order valence-electron chi connectivity index (χ2n) is 5.52. The van der Waals surface area contributed by atoms with E-state index < -0.39 is 10.1 Å². The van der Waals surface area contributed by atoms with Gasteiger partial charge in [0.2, 0.25) is 5.91 Å². The molecular formula is C18H15IN2O4S. The van der Waals surface area contributed by atoms with Crippen LogP contribution in [0.5, 0.6) is 0 Å². The van der Waals surface area contributed by atoms with Gasteiger partial charge >= 0.3 is 0 Å². The number of para-hydroxylation sites is 1. The summed E-state index contributed by atoms with van der Waals surface area (Å²) in [6.45, 7) is 0. The van der Waals surface area contributed by atoms with E-state index in [4.69, 9.17) is 0 Å². The van der Waals surface area contributed by atoms with Gasteiger partial charge in [-0.25, -0.2) is 0 Å². The van der Waals surface area contributed by atoms with Crippen LogP contribution in [0.15, 0.2) is 65.6 Å². The van der Waals surface area contributed by atoms with Crippen LogP contribution in [0.1, 0.15) is 0 Å². The summed E-state index contributed by atoms with van der Waals surface area (Å²) < 4.78 is 32.3. The highest BCUT2D eigenvalue weighted by Crippen LogP contribution is 2.34. The highest BCUT2D eigenvalue weighted by atomic mass is 127. The minimum Gasteiger partial charge on any atom is -0.354 e. The molecule has 0 bridgehead atoms. The van der Waals surface area contributed by atoms with Crippen LogP contribution < -0.4 is 10.6 Å². The van der Waals surface area contributed by atoms with Crippen molar-refractivity contribution in [2.45, 2.75) is 4.90 Å². The molecule has 0 radical (unpaired) electrons. The Labute approximate surface area is 164 Å². The van der Waals surface area contributed by atoms with E-state index in [0.29, 0.717) is 22.1 Å². The van der Waals surface area contributed by atoms with Crippen molar-refractivity contribution in [1.29, 1.82) is 0 Å². The summed E-state index contributed by atoms with van der Waals surface area (Å²) in [7, 11) is -4.30. The normalized spacial score (nSPS) is 11.3. The predicted octanol–water partition coefficient (Wildman–Crippen LogP) is 4.20. The number of carbonyl (C=O) groups is 1. The average molecular weight is 482 g/mol. The molecule has 0 unspecified atom stereocenters. The van der Waals surface area contributed by atoms with Gasteiger partial charge in [0.25, 0.3) is 10.1 Å². The van der Waals surface area contributed by atoms with Crippen molar-refractivity contribution in [3.63, 3.8) is 0 Å². The first-order chi connectivity index (χ1) is 12.4. The van der Waals surface area contributed by atoms with E-state index in [1.165, 1.54) is 12.1 Å². The third-order valence-electron chi connectivity index (χ3n) is 3.73. The third kappa shape index (κ3) is 4.14. The Hall–Kier alpha value is -2.17. The monoisotopic (exact) mass is 482 g/mol. The maximum Gasteiger partial charge on any atom is 0.294 e. The lowest BCUT2D eigenvalue weighted by molar-refractivity contribution is -0.113. The molecule has 0 aromatic heterocycles. The molecule has 0 fully saturated rings. The number of benzene rings is 3. The van der Waals surface area contributed by atoms with Gasteiger partial charge in [0.1, 0.15) is 0 Å². The van der Waals surface area contributed by atoms with Crippen LogP contribution in [0.3, 0.4) is 0 Å². The van der Waals surface area contributed by atoms with Gasteiger partial charge in [0.05, 0.1) is 20.7 Å². The quantitative estimate of drug-likeness (QED) is 0.288. The van der Waals surface area contributed by atoms with Crippen molar-refractivity contribution in [2.75, 3.05) is 15.1 Å². The number of alkyl halides is 1. The Morgan fingerprint density at radius 2 is 1.77 bits per heavy atom. The van der Waals surface area contributed by atoms with E-state index >= 15 is 0 Å². The zero-order valence-corrected chi connectivity index (χ0v) is 16.4. The topological polar surface area (TPSA) is 95.5 Å². The molecule has 26 heavy (non-hydrogen) atoms. The first-order valence-corrected chi connectivity index (χ1v) is 10.6. The summed E-state index contributed by atoms with van der Waals surface area (Å²) in [5, 5.41) is 7.36. The van der Waals surface area contributed by atoms with E-state index in [2.05, 4.69) is 10.6 Å². The smallest absolute Gasteiger partial charge is 0.294 e. The van der Waals surface area contributed by atoms with Crippen LogP contribution in [0.4, 0.5) is 17.1 Å². The zero-order valence-electron chi connectivity index (χ0n) is 13.4. The molecule has 0 atom stereocenters. The molecule has 1 amide bonds. The molecule has 0 aliphatic heterocycles. The molecule has 3 N–H and O–H groups in total. The first kappa shape index (κ1) is 18.6. The number of amides is 1. The number of rotatable bonds is 5. The third-order valence-corrected chi connectivity index (χ3v) is 5.27. The Bertz CT molecular complexity index is 1070. The van der Waals surface area contributed by atoms with Crippen molar-refractivity contribution < 1.29 is 17.8 Å². The molecule has 6 nitrogen and oxygen atoms in total. The number of nitrogens with one attached hydrogen (secondary N) is 2. The summed E-state index contributed by atoms with van der Waals surface area (Å²) in [6.07, 6.45) is 0. The van der Waals surface area contributed by atoms with Gasteiger partial charge < -0.3 is 10.6 Å². The second-order valence-corrected chi connectivity index (χ2v) is 7.70. The van der Waals surface area contributed by atoms with Gasteiger partial charge in [0.15, 0.2) is 0 Å². The molecule has 0 spiro atoms. The lowest BCUT2D eigenvalue weighted by Gasteiger charge is -2.16.